The SMILES string of the molecule is c1c[nH]c(-c2nnc(-c3ccc(-c4nnc(-c5cccs5)o4)cc3)o2)c1. The van der Waals surface area contributed by atoms with E-state index in [0.29, 0.717) is 23.6 Å². The molecule has 4 aromatic heterocycles. The molecule has 0 saturated heterocycles. The standard InChI is InChI=1S/C18H11N5O2S/c1-3-13(19-9-1)17-22-20-15(24-17)11-5-7-12(8-6-11)16-21-23-18(25-16)14-4-2-10-26-14/h1-10,19H. The molecule has 1 aromatic carbocycles. The van der Waals surface area contributed by atoms with Crippen LogP contribution in [0.4, 0.5) is 0 Å². The molecule has 0 radical (unpaired) electrons. The van der Waals surface area contributed by atoms with Crippen molar-refractivity contribution in [1.29, 1.82) is 0 Å². The van der Waals surface area contributed by atoms with Crippen molar-refractivity contribution in [2.24, 2.45) is 0 Å². The summed E-state index contributed by atoms with van der Waals surface area (Å²) in [5, 5.41) is 18.3. The third-order valence-electron chi connectivity index (χ3n) is 3.79. The van der Waals surface area contributed by atoms with Crippen LogP contribution < -0.4 is 0 Å². The van der Waals surface area contributed by atoms with Crippen LogP contribution >= 0.6 is 11.3 Å². The molecule has 5 rings (SSSR count). The largest absolute Gasteiger partial charge is 0.415 e. The number of hydrogen-bond acceptors (Lipinski definition) is 7. The Morgan fingerprint density at radius 3 is 1.96 bits per heavy atom. The summed E-state index contributed by atoms with van der Waals surface area (Å²) < 4.78 is 11.5. The van der Waals surface area contributed by atoms with Crippen molar-refractivity contribution >= 4 is 11.3 Å². The first-order chi connectivity index (χ1) is 12.9. The van der Waals surface area contributed by atoms with Crippen molar-refractivity contribution < 1.29 is 8.83 Å². The second kappa shape index (κ2) is 6.08. The Balaban J connectivity index is 1.41. The lowest BCUT2D eigenvalue weighted by atomic mass is 10.1. The van der Waals surface area contributed by atoms with Crippen LogP contribution in [0.25, 0.3) is 45.3 Å². The lowest BCUT2D eigenvalue weighted by molar-refractivity contribution is 0.582. The number of rotatable bonds is 4. The predicted octanol–water partition coefficient (Wildman–Crippen LogP) is 4.51. The molecule has 26 heavy (non-hydrogen) atoms. The number of aromatic nitrogens is 5. The van der Waals surface area contributed by atoms with Crippen LogP contribution in [0.5, 0.6) is 0 Å². The molecular formula is C18H11N5O2S. The molecule has 126 valence electrons. The summed E-state index contributed by atoms with van der Waals surface area (Å²) in [6.07, 6.45) is 1.81. The second-order valence-corrected chi connectivity index (χ2v) is 6.41. The monoisotopic (exact) mass is 361 g/mol. The van der Waals surface area contributed by atoms with E-state index in [0.717, 1.165) is 21.7 Å². The number of thiophene rings is 1. The van der Waals surface area contributed by atoms with Gasteiger partial charge in [0.1, 0.15) is 5.69 Å². The lowest BCUT2D eigenvalue weighted by Crippen LogP contribution is -1.81. The summed E-state index contributed by atoms with van der Waals surface area (Å²) in [6.45, 7) is 0. The minimum absolute atomic E-state index is 0.450. The number of nitrogens with one attached hydrogen (secondary N) is 1. The molecule has 4 heterocycles. The molecule has 0 aliphatic rings. The Labute approximate surface area is 151 Å². The molecule has 0 aliphatic heterocycles. The van der Waals surface area contributed by atoms with Crippen LogP contribution in [0, 0.1) is 0 Å². The summed E-state index contributed by atoms with van der Waals surface area (Å²) in [4.78, 5) is 3.99. The van der Waals surface area contributed by atoms with Gasteiger partial charge < -0.3 is 13.8 Å². The molecule has 0 aliphatic carbocycles. The first-order valence-corrected chi connectivity index (χ1v) is 8.70. The van der Waals surface area contributed by atoms with Crippen LogP contribution in [0.3, 0.4) is 0 Å². The van der Waals surface area contributed by atoms with Gasteiger partial charge in [-0.25, -0.2) is 0 Å². The van der Waals surface area contributed by atoms with E-state index in [9.17, 15) is 0 Å². The minimum atomic E-state index is 0.450. The lowest BCUT2D eigenvalue weighted by Gasteiger charge is -1.97. The highest BCUT2D eigenvalue weighted by Gasteiger charge is 2.13. The Bertz CT molecular complexity index is 1030. The number of hydrogen-bond donors (Lipinski definition) is 1. The Morgan fingerprint density at radius 1 is 0.692 bits per heavy atom. The van der Waals surface area contributed by atoms with Gasteiger partial charge in [0.2, 0.25) is 11.8 Å². The molecule has 8 heteroatoms. The molecule has 0 unspecified atom stereocenters. The van der Waals surface area contributed by atoms with E-state index in [-0.39, 0.29) is 0 Å². The van der Waals surface area contributed by atoms with Crippen LogP contribution in [-0.2, 0) is 0 Å². The number of nitrogens with zero attached hydrogens (tertiary/aromatic N) is 4. The van der Waals surface area contributed by atoms with E-state index in [2.05, 4.69) is 25.4 Å². The van der Waals surface area contributed by atoms with Gasteiger partial charge in [-0.1, -0.05) is 6.07 Å². The molecule has 0 bridgehead atoms. The number of aromatic amines is 1. The second-order valence-electron chi connectivity index (χ2n) is 5.46. The zero-order chi connectivity index (χ0) is 17.3. The van der Waals surface area contributed by atoms with Crippen LogP contribution in [-0.4, -0.2) is 25.4 Å². The normalized spacial score (nSPS) is 11.1. The van der Waals surface area contributed by atoms with Crippen molar-refractivity contribution in [2.75, 3.05) is 0 Å². The first kappa shape index (κ1) is 14.8. The van der Waals surface area contributed by atoms with Gasteiger partial charge in [0.05, 0.1) is 4.88 Å². The van der Waals surface area contributed by atoms with Gasteiger partial charge in [-0.3, -0.25) is 0 Å². The van der Waals surface area contributed by atoms with Crippen LogP contribution in [0.15, 0.2) is 68.9 Å². The maximum Gasteiger partial charge on any atom is 0.264 e. The average Bonchev–Trinajstić information content (AvgIpc) is 3.49. The molecule has 0 amide bonds. The average molecular weight is 361 g/mol. The van der Waals surface area contributed by atoms with Gasteiger partial charge in [-0.05, 0) is 47.8 Å². The Morgan fingerprint density at radius 2 is 1.35 bits per heavy atom. The van der Waals surface area contributed by atoms with Crippen molar-refractivity contribution in [2.45, 2.75) is 0 Å². The van der Waals surface area contributed by atoms with Crippen molar-refractivity contribution in [3.8, 4) is 45.3 Å². The van der Waals surface area contributed by atoms with Gasteiger partial charge in [0, 0.05) is 17.3 Å². The van der Waals surface area contributed by atoms with Gasteiger partial charge in [-0.15, -0.1) is 31.7 Å². The molecule has 5 aromatic rings. The molecule has 7 nitrogen and oxygen atoms in total. The topological polar surface area (TPSA) is 93.6 Å². The molecule has 0 atom stereocenters. The molecule has 0 fully saturated rings. The van der Waals surface area contributed by atoms with Gasteiger partial charge in [0.15, 0.2) is 0 Å². The van der Waals surface area contributed by atoms with Crippen molar-refractivity contribution in [3.63, 3.8) is 0 Å². The zero-order valence-corrected chi connectivity index (χ0v) is 14.1. The fourth-order valence-corrected chi connectivity index (χ4v) is 3.15. The highest BCUT2D eigenvalue weighted by atomic mass is 32.1. The Hall–Kier alpha value is -3.52. The van der Waals surface area contributed by atoms with Crippen LogP contribution in [0.1, 0.15) is 0 Å². The number of H-pyrrole nitrogens is 1. The van der Waals surface area contributed by atoms with E-state index in [1.54, 1.807) is 11.3 Å². The molecule has 0 spiro atoms. The molecular weight excluding hydrogens is 350 g/mol. The van der Waals surface area contributed by atoms with Crippen molar-refractivity contribution in [3.05, 3.63) is 60.1 Å². The van der Waals surface area contributed by atoms with Gasteiger partial charge in [-0.2, -0.15) is 0 Å². The minimum Gasteiger partial charge on any atom is -0.415 e. The maximum atomic E-state index is 5.75. The smallest absolute Gasteiger partial charge is 0.264 e. The number of benzene rings is 1. The fourth-order valence-electron chi connectivity index (χ4n) is 2.51. The van der Waals surface area contributed by atoms with Gasteiger partial charge >= 0.3 is 0 Å². The Kier molecular flexibility index (Phi) is 3.46. The summed E-state index contributed by atoms with van der Waals surface area (Å²) >= 11 is 1.56. The highest BCUT2D eigenvalue weighted by molar-refractivity contribution is 7.13. The maximum absolute atomic E-state index is 5.75. The molecule has 0 saturated carbocycles. The van der Waals surface area contributed by atoms with Gasteiger partial charge in [0.25, 0.3) is 11.8 Å². The predicted molar refractivity (Wildman–Crippen MR) is 96.1 cm³/mol. The van der Waals surface area contributed by atoms with E-state index >= 15 is 0 Å². The summed E-state index contributed by atoms with van der Waals surface area (Å²) in [5.41, 5.74) is 2.43. The van der Waals surface area contributed by atoms with E-state index in [4.69, 9.17) is 8.83 Å². The summed E-state index contributed by atoms with van der Waals surface area (Å²) in [5.74, 6) is 1.89. The molecule has 1 N–H and O–H groups in total. The first-order valence-electron chi connectivity index (χ1n) is 7.82. The third kappa shape index (κ3) is 2.62. The van der Waals surface area contributed by atoms with E-state index < -0.39 is 0 Å². The van der Waals surface area contributed by atoms with Crippen molar-refractivity contribution in [1.82, 2.24) is 25.4 Å². The zero-order valence-electron chi connectivity index (χ0n) is 13.3. The highest BCUT2D eigenvalue weighted by Crippen LogP contribution is 2.29. The fraction of sp³-hybridized carbons (Fsp3) is 0. The summed E-state index contributed by atoms with van der Waals surface area (Å²) in [7, 11) is 0. The third-order valence-corrected chi connectivity index (χ3v) is 4.65. The van der Waals surface area contributed by atoms with E-state index in [1.807, 2.05) is 60.1 Å². The summed E-state index contributed by atoms with van der Waals surface area (Å²) in [6, 6.07) is 15.2. The van der Waals surface area contributed by atoms with Crippen LogP contribution in [0.2, 0.25) is 0 Å². The quantitative estimate of drug-likeness (QED) is 0.506. The van der Waals surface area contributed by atoms with E-state index in [1.165, 1.54) is 0 Å².